The first-order valence-electron chi connectivity index (χ1n) is 11.0. The summed E-state index contributed by atoms with van der Waals surface area (Å²) in [7, 11) is 0. The van der Waals surface area contributed by atoms with Crippen LogP contribution in [0.2, 0.25) is 0 Å². The lowest BCUT2D eigenvalue weighted by Crippen LogP contribution is -2.50. The molecule has 1 saturated heterocycles. The summed E-state index contributed by atoms with van der Waals surface area (Å²) in [5.41, 5.74) is 11.5. The zero-order valence-electron chi connectivity index (χ0n) is 19.2. The number of aliphatic hydroxyl groups is 1. The van der Waals surface area contributed by atoms with Gasteiger partial charge in [-0.1, -0.05) is 49.0 Å². The Labute approximate surface area is 207 Å². The molecule has 1 aromatic carbocycles. The van der Waals surface area contributed by atoms with Gasteiger partial charge in [-0.3, -0.25) is 4.79 Å². The summed E-state index contributed by atoms with van der Waals surface area (Å²) in [4.78, 5) is 30.1. The molecule has 0 aliphatic carbocycles. The van der Waals surface area contributed by atoms with Crippen LogP contribution in [-0.2, 0) is 16.0 Å². The second-order valence-electron chi connectivity index (χ2n) is 8.11. The molecule has 35 heavy (non-hydrogen) atoms. The molecule has 2 heterocycles. The summed E-state index contributed by atoms with van der Waals surface area (Å²) >= 11 is 1.07. The van der Waals surface area contributed by atoms with Gasteiger partial charge in [0.2, 0.25) is 5.91 Å². The molecule has 1 fully saturated rings. The zero-order valence-corrected chi connectivity index (χ0v) is 20.0. The van der Waals surface area contributed by atoms with Crippen molar-refractivity contribution in [3.05, 3.63) is 52.6 Å². The van der Waals surface area contributed by atoms with Crippen molar-refractivity contribution in [1.82, 2.24) is 4.98 Å². The van der Waals surface area contributed by atoms with Gasteiger partial charge in [0.25, 0.3) is 0 Å². The molecule has 1 atom stereocenters. The minimum atomic E-state index is -1.10. The van der Waals surface area contributed by atoms with Crippen LogP contribution in [-0.4, -0.2) is 47.4 Å². The summed E-state index contributed by atoms with van der Waals surface area (Å²) in [5, 5.41) is 29.2. The van der Waals surface area contributed by atoms with Crippen molar-refractivity contribution in [3.63, 3.8) is 0 Å². The summed E-state index contributed by atoms with van der Waals surface area (Å²) < 4.78 is 5.18. The van der Waals surface area contributed by atoms with Crippen LogP contribution in [0.15, 0.2) is 35.4 Å². The van der Waals surface area contributed by atoms with Gasteiger partial charge in [-0.2, -0.15) is 10.5 Å². The highest BCUT2D eigenvalue weighted by atomic mass is 32.2. The molecule has 5 N–H and O–H groups in total. The Morgan fingerprint density at radius 2 is 1.83 bits per heavy atom. The number of carbonyl (C=O) groups is 2. The van der Waals surface area contributed by atoms with E-state index < -0.39 is 22.9 Å². The molecule has 3 rings (SSSR count). The molecule has 0 spiro atoms. The Morgan fingerprint density at radius 3 is 2.31 bits per heavy atom. The number of anilines is 1. The molecule has 0 saturated carbocycles. The Morgan fingerprint density at radius 1 is 1.20 bits per heavy atom. The van der Waals surface area contributed by atoms with Crippen molar-refractivity contribution >= 4 is 29.6 Å². The maximum atomic E-state index is 12.3. The number of nitriles is 2. The molecule has 0 radical (unpaired) electrons. The minimum absolute atomic E-state index is 0.235. The van der Waals surface area contributed by atoms with E-state index >= 15 is 0 Å². The van der Waals surface area contributed by atoms with Crippen molar-refractivity contribution in [3.8, 4) is 12.1 Å². The lowest BCUT2D eigenvalue weighted by molar-refractivity contribution is -0.117. The highest BCUT2D eigenvalue weighted by Gasteiger charge is 2.39. The van der Waals surface area contributed by atoms with E-state index in [2.05, 4.69) is 17.1 Å². The molecule has 2 aromatic rings. The van der Waals surface area contributed by atoms with Crippen LogP contribution in [0.3, 0.4) is 0 Å². The van der Waals surface area contributed by atoms with Gasteiger partial charge in [0.15, 0.2) is 0 Å². The van der Waals surface area contributed by atoms with Crippen LogP contribution < -0.4 is 16.4 Å². The Hall–Kier alpha value is -3.80. The number of hydrogen-bond donors (Lipinski definition) is 3. The van der Waals surface area contributed by atoms with Gasteiger partial charge in [-0.15, -0.1) is 0 Å². The number of primary amides is 2. The fourth-order valence-corrected chi connectivity index (χ4v) is 5.22. The zero-order chi connectivity index (χ0) is 25.6. The second-order valence-corrected chi connectivity index (χ2v) is 9.20. The Bertz CT molecular complexity index is 1180. The highest BCUT2D eigenvalue weighted by Crippen LogP contribution is 2.40. The van der Waals surface area contributed by atoms with E-state index in [9.17, 15) is 25.2 Å². The van der Waals surface area contributed by atoms with E-state index in [1.54, 1.807) is 24.3 Å². The van der Waals surface area contributed by atoms with Crippen LogP contribution in [0.1, 0.15) is 47.3 Å². The third-order valence-corrected chi connectivity index (χ3v) is 7.25. The monoisotopic (exact) mass is 494 g/mol. The van der Waals surface area contributed by atoms with Gasteiger partial charge >= 0.3 is 6.09 Å². The Kier molecular flexibility index (Phi) is 8.18. The number of nitrogens with two attached hydrogens (primary N) is 2. The lowest BCUT2D eigenvalue weighted by Gasteiger charge is -2.40. The first-order valence-corrected chi connectivity index (χ1v) is 11.9. The topological polar surface area (TPSA) is 179 Å². The van der Waals surface area contributed by atoms with E-state index in [4.69, 9.17) is 16.2 Å². The SMILES string of the molecule is CCc1c(C#N)c(SC(C(N)=O)c2ccccc2)nc(N2CCC(CO)(OC(N)=O)CC2)c1C#N. The quantitative estimate of drug-likeness (QED) is 0.463. The minimum Gasteiger partial charge on any atom is -0.440 e. The number of ether oxygens (including phenoxy) is 1. The lowest BCUT2D eigenvalue weighted by atomic mass is 9.91. The van der Waals surface area contributed by atoms with E-state index in [0.29, 0.717) is 41.5 Å². The molecular formula is C24H26N6O4S. The standard InChI is InChI=1S/C24H26N6O4S/c1-2-16-17(12-25)21(30-10-8-24(14-31,9-11-30)34-23(28)33)29-22(18(16)13-26)35-19(20(27)32)15-6-4-3-5-7-15/h3-7,19,31H,2,8-11,14H2,1H3,(H2,27,32)(H2,28,33). The summed E-state index contributed by atoms with van der Waals surface area (Å²) in [6, 6.07) is 13.3. The fraction of sp³-hybridized carbons (Fsp3) is 0.375. The molecule has 1 aliphatic heterocycles. The molecular weight excluding hydrogens is 468 g/mol. The number of hydrogen-bond acceptors (Lipinski definition) is 9. The van der Waals surface area contributed by atoms with Gasteiger partial charge in [-0.25, -0.2) is 9.78 Å². The van der Waals surface area contributed by atoms with E-state index in [0.717, 1.165) is 11.8 Å². The number of aromatic nitrogens is 1. The van der Waals surface area contributed by atoms with Gasteiger partial charge < -0.3 is 26.2 Å². The molecule has 1 unspecified atom stereocenters. The number of piperidine rings is 1. The smallest absolute Gasteiger partial charge is 0.405 e. The number of pyridine rings is 1. The first-order chi connectivity index (χ1) is 16.8. The molecule has 1 aromatic heterocycles. The molecule has 182 valence electrons. The predicted molar refractivity (Wildman–Crippen MR) is 129 cm³/mol. The maximum Gasteiger partial charge on any atom is 0.405 e. The van der Waals surface area contributed by atoms with Crippen molar-refractivity contribution in [1.29, 1.82) is 10.5 Å². The largest absolute Gasteiger partial charge is 0.440 e. The molecule has 0 bridgehead atoms. The molecule has 2 amide bonds. The normalized spacial score (nSPS) is 15.5. The number of aliphatic hydroxyl groups excluding tert-OH is 1. The van der Waals surface area contributed by atoms with Crippen molar-refractivity contribution in [2.24, 2.45) is 11.5 Å². The number of nitrogens with zero attached hydrogens (tertiary/aromatic N) is 4. The van der Waals surface area contributed by atoms with Gasteiger partial charge in [0.1, 0.15) is 33.8 Å². The first kappa shape index (κ1) is 25.8. The third-order valence-electron chi connectivity index (χ3n) is 6.00. The second kappa shape index (κ2) is 11.1. The fourth-order valence-electron chi connectivity index (χ4n) is 4.16. The van der Waals surface area contributed by atoms with Crippen LogP contribution in [0.5, 0.6) is 0 Å². The van der Waals surface area contributed by atoms with Crippen molar-refractivity contribution < 1.29 is 19.4 Å². The maximum absolute atomic E-state index is 12.3. The van der Waals surface area contributed by atoms with E-state index in [1.165, 1.54) is 0 Å². The average molecular weight is 495 g/mol. The predicted octanol–water partition coefficient (Wildman–Crippen LogP) is 2.13. The van der Waals surface area contributed by atoms with E-state index in [1.807, 2.05) is 17.9 Å². The van der Waals surface area contributed by atoms with Crippen LogP contribution in [0, 0.1) is 22.7 Å². The van der Waals surface area contributed by atoms with E-state index in [-0.39, 0.29) is 30.6 Å². The summed E-state index contributed by atoms with van der Waals surface area (Å²) in [6.45, 7) is 2.11. The van der Waals surface area contributed by atoms with Crippen LogP contribution >= 0.6 is 11.8 Å². The Balaban J connectivity index is 2.04. The highest BCUT2D eigenvalue weighted by molar-refractivity contribution is 8.00. The molecule has 11 heteroatoms. The number of rotatable bonds is 8. The van der Waals surface area contributed by atoms with Crippen LogP contribution in [0.4, 0.5) is 10.6 Å². The third kappa shape index (κ3) is 5.48. The number of thioether (sulfide) groups is 1. The van der Waals surface area contributed by atoms with Crippen molar-refractivity contribution in [2.75, 3.05) is 24.6 Å². The van der Waals surface area contributed by atoms with Gasteiger partial charge in [0.05, 0.1) is 17.7 Å². The number of amides is 2. The van der Waals surface area contributed by atoms with Crippen molar-refractivity contribution in [2.45, 2.75) is 42.1 Å². The summed E-state index contributed by atoms with van der Waals surface area (Å²) in [5.74, 6) is -0.210. The summed E-state index contributed by atoms with van der Waals surface area (Å²) in [6.07, 6.45) is -0.0129. The van der Waals surface area contributed by atoms with Gasteiger partial charge in [0, 0.05) is 25.9 Å². The molecule has 1 aliphatic rings. The molecule has 10 nitrogen and oxygen atoms in total. The number of benzene rings is 1. The average Bonchev–Trinajstić information content (AvgIpc) is 2.86. The van der Waals surface area contributed by atoms with Gasteiger partial charge in [-0.05, 0) is 17.5 Å². The van der Waals surface area contributed by atoms with Crippen LogP contribution in [0.25, 0.3) is 0 Å². The number of carbonyl (C=O) groups excluding carboxylic acids is 2.